The van der Waals surface area contributed by atoms with Crippen molar-refractivity contribution in [1.29, 1.82) is 0 Å². The van der Waals surface area contributed by atoms with Crippen molar-refractivity contribution in [1.82, 2.24) is 5.32 Å². The summed E-state index contributed by atoms with van der Waals surface area (Å²) in [5, 5.41) is 3.60. The zero-order chi connectivity index (χ0) is 10.7. The zero-order valence-corrected chi connectivity index (χ0v) is 9.49. The van der Waals surface area contributed by atoms with E-state index in [-0.39, 0.29) is 0 Å². The highest BCUT2D eigenvalue weighted by molar-refractivity contribution is 5.27. The Morgan fingerprint density at radius 2 is 2.00 bits per heavy atom. The van der Waals surface area contributed by atoms with E-state index in [0.29, 0.717) is 6.04 Å². The van der Waals surface area contributed by atoms with E-state index in [9.17, 15) is 0 Å². The van der Waals surface area contributed by atoms with Crippen molar-refractivity contribution in [3.63, 3.8) is 0 Å². The van der Waals surface area contributed by atoms with Crippen LogP contribution in [0.15, 0.2) is 24.3 Å². The average Bonchev–Trinajstić information content (AvgIpc) is 3.03. The van der Waals surface area contributed by atoms with E-state index in [2.05, 4.69) is 24.4 Å². The maximum absolute atomic E-state index is 5.13. The second kappa shape index (κ2) is 4.67. The van der Waals surface area contributed by atoms with E-state index in [1.807, 2.05) is 12.1 Å². The number of benzene rings is 1. The molecule has 0 spiro atoms. The molecule has 1 aliphatic carbocycles. The summed E-state index contributed by atoms with van der Waals surface area (Å²) in [6.07, 6.45) is 3.81. The molecule has 2 rings (SSSR count). The molecule has 0 aliphatic heterocycles. The minimum atomic E-state index is 0.575. The van der Waals surface area contributed by atoms with E-state index in [4.69, 9.17) is 4.74 Å². The van der Waals surface area contributed by atoms with Crippen LogP contribution in [0.2, 0.25) is 0 Å². The summed E-state index contributed by atoms with van der Waals surface area (Å²) in [6, 6.07) is 9.70. The third-order valence-corrected chi connectivity index (χ3v) is 2.80. The Balaban J connectivity index is 1.85. The molecule has 0 saturated heterocycles. The number of ether oxygens (including phenoxy) is 1. The fraction of sp³-hybridized carbons (Fsp3) is 0.538. The van der Waals surface area contributed by atoms with Gasteiger partial charge in [0.05, 0.1) is 7.11 Å². The highest BCUT2D eigenvalue weighted by Gasteiger charge is 2.22. The largest absolute Gasteiger partial charge is 0.497 e. The molecule has 0 bridgehead atoms. The Morgan fingerprint density at radius 3 is 2.53 bits per heavy atom. The van der Waals surface area contributed by atoms with Crippen molar-refractivity contribution < 1.29 is 4.74 Å². The molecular formula is C13H19NO. The summed E-state index contributed by atoms with van der Waals surface area (Å²) in [6.45, 7) is 2.25. The summed E-state index contributed by atoms with van der Waals surface area (Å²) in [7, 11) is 1.70. The number of hydrogen-bond acceptors (Lipinski definition) is 2. The smallest absolute Gasteiger partial charge is 0.118 e. The first-order valence-corrected chi connectivity index (χ1v) is 5.67. The standard InChI is InChI=1S/C13H19NO/c1-10(14-12-5-6-12)9-11-3-7-13(15-2)8-4-11/h3-4,7-8,10,12,14H,5-6,9H2,1-2H3. The van der Waals surface area contributed by atoms with E-state index in [0.717, 1.165) is 18.2 Å². The van der Waals surface area contributed by atoms with Crippen molar-refractivity contribution in [3.05, 3.63) is 29.8 Å². The van der Waals surface area contributed by atoms with Crippen LogP contribution in [0.3, 0.4) is 0 Å². The second-order valence-corrected chi connectivity index (χ2v) is 4.39. The normalized spacial score (nSPS) is 17.5. The maximum atomic E-state index is 5.13. The monoisotopic (exact) mass is 205 g/mol. The molecule has 1 unspecified atom stereocenters. The summed E-state index contributed by atoms with van der Waals surface area (Å²) < 4.78 is 5.13. The van der Waals surface area contributed by atoms with Crippen LogP contribution in [0, 0.1) is 0 Å². The molecule has 0 radical (unpaired) electrons. The first-order valence-electron chi connectivity index (χ1n) is 5.67. The summed E-state index contributed by atoms with van der Waals surface area (Å²) in [5.41, 5.74) is 1.37. The van der Waals surface area contributed by atoms with Crippen LogP contribution in [0.4, 0.5) is 0 Å². The SMILES string of the molecule is COc1ccc(CC(C)NC2CC2)cc1. The van der Waals surface area contributed by atoms with Gasteiger partial charge in [0.15, 0.2) is 0 Å². The lowest BCUT2D eigenvalue weighted by atomic mass is 10.1. The molecule has 0 heterocycles. The van der Waals surface area contributed by atoms with Crippen molar-refractivity contribution in [2.24, 2.45) is 0 Å². The van der Waals surface area contributed by atoms with Crippen LogP contribution in [-0.2, 0) is 6.42 Å². The van der Waals surface area contributed by atoms with Crippen molar-refractivity contribution in [2.45, 2.75) is 38.3 Å². The molecule has 0 aromatic heterocycles. The zero-order valence-electron chi connectivity index (χ0n) is 9.49. The molecule has 1 atom stereocenters. The maximum Gasteiger partial charge on any atom is 0.118 e. The van der Waals surface area contributed by atoms with Gasteiger partial charge >= 0.3 is 0 Å². The number of nitrogens with one attached hydrogen (secondary N) is 1. The van der Waals surface area contributed by atoms with Gasteiger partial charge in [0.2, 0.25) is 0 Å². The van der Waals surface area contributed by atoms with Gasteiger partial charge in [-0.3, -0.25) is 0 Å². The molecular weight excluding hydrogens is 186 g/mol. The van der Waals surface area contributed by atoms with Gasteiger partial charge in [0.25, 0.3) is 0 Å². The number of hydrogen-bond donors (Lipinski definition) is 1. The lowest BCUT2D eigenvalue weighted by Gasteiger charge is -2.13. The van der Waals surface area contributed by atoms with E-state index < -0.39 is 0 Å². The molecule has 1 saturated carbocycles. The molecule has 2 heteroatoms. The van der Waals surface area contributed by atoms with Crippen LogP contribution in [0.5, 0.6) is 5.75 Å². The third kappa shape index (κ3) is 3.24. The van der Waals surface area contributed by atoms with Crippen LogP contribution in [0.1, 0.15) is 25.3 Å². The van der Waals surface area contributed by atoms with Gasteiger partial charge in [-0.1, -0.05) is 12.1 Å². The van der Waals surface area contributed by atoms with Gasteiger partial charge in [0.1, 0.15) is 5.75 Å². The predicted octanol–water partition coefficient (Wildman–Crippen LogP) is 2.38. The Morgan fingerprint density at radius 1 is 1.33 bits per heavy atom. The highest BCUT2D eigenvalue weighted by Crippen LogP contribution is 2.20. The molecule has 1 aromatic carbocycles. The van der Waals surface area contributed by atoms with Crippen molar-refractivity contribution >= 4 is 0 Å². The first kappa shape index (κ1) is 10.5. The van der Waals surface area contributed by atoms with E-state index in [1.165, 1.54) is 18.4 Å². The Hall–Kier alpha value is -1.02. The lowest BCUT2D eigenvalue weighted by Crippen LogP contribution is -2.29. The molecule has 0 amide bonds. The average molecular weight is 205 g/mol. The van der Waals surface area contributed by atoms with Gasteiger partial charge in [-0.05, 0) is 43.9 Å². The summed E-state index contributed by atoms with van der Waals surface area (Å²) in [4.78, 5) is 0. The number of rotatable bonds is 5. The summed E-state index contributed by atoms with van der Waals surface area (Å²) >= 11 is 0. The van der Waals surface area contributed by atoms with Crippen molar-refractivity contribution in [2.75, 3.05) is 7.11 Å². The number of methoxy groups -OCH3 is 1. The molecule has 2 nitrogen and oxygen atoms in total. The van der Waals surface area contributed by atoms with E-state index in [1.54, 1.807) is 7.11 Å². The van der Waals surface area contributed by atoms with Gasteiger partial charge < -0.3 is 10.1 Å². The molecule has 1 aliphatic rings. The van der Waals surface area contributed by atoms with Crippen LogP contribution in [0.25, 0.3) is 0 Å². The molecule has 82 valence electrons. The highest BCUT2D eigenvalue weighted by atomic mass is 16.5. The first-order chi connectivity index (χ1) is 7.28. The van der Waals surface area contributed by atoms with Gasteiger partial charge in [-0.15, -0.1) is 0 Å². The van der Waals surface area contributed by atoms with Crippen LogP contribution in [-0.4, -0.2) is 19.2 Å². The topological polar surface area (TPSA) is 21.3 Å². The fourth-order valence-corrected chi connectivity index (χ4v) is 1.83. The Labute approximate surface area is 91.6 Å². The Kier molecular flexibility index (Phi) is 3.27. The van der Waals surface area contributed by atoms with Gasteiger partial charge in [-0.25, -0.2) is 0 Å². The van der Waals surface area contributed by atoms with Crippen LogP contribution >= 0.6 is 0 Å². The molecule has 1 fully saturated rings. The van der Waals surface area contributed by atoms with Gasteiger partial charge in [0, 0.05) is 12.1 Å². The fourth-order valence-electron chi connectivity index (χ4n) is 1.83. The third-order valence-electron chi connectivity index (χ3n) is 2.80. The van der Waals surface area contributed by atoms with Crippen molar-refractivity contribution in [3.8, 4) is 5.75 Å². The molecule has 1 aromatic rings. The lowest BCUT2D eigenvalue weighted by molar-refractivity contribution is 0.414. The molecule has 15 heavy (non-hydrogen) atoms. The molecule has 1 N–H and O–H groups in total. The van der Waals surface area contributed by atoms with Gasteiger partial charge in [-0.2, -0.15) is 0 Å². The minimum absolute atomic E-state index is 0.575. The van der Waals surface area contributed by atoms with E-state index >= 15 is 0 Å². The predicted molar refractivity (Wildman–Crippen MR) is 62.3 cm³/mol. The van der Waals surface area contributed by atoms with Crippen LogP contribution < -0.4 is 10.1 Å². The Bertz CT molecular complexity index is 303. The summed E-state index contributed by atoms with van der Waals surface area (Å²) in [5.74, 6) is 0.932. The quantitative estimate of drug-likeness (QED) is 0.797. The second-order valence-electron chi connectivity index (χ2n) is 4.39. The minimum Gasteiger partial charge on any atom is -0.497 e.